The van der Waals surface area contributed by atoms with Gasteiger partial charge in [0.1, 0.15) is 7.05 Å². The molecule has 2 aromatic carbocycles. The lowest BCUT2D eigenvalue weighted by Crippen LogP contribution is -2.30. The van der Waals surface area contributed by atoms with Crippen LogP contribution in [-0.2, 0) is 7.05 Å². The highest BCUT2D eigenvalue weighted by Gasteiger charge is 2.18. The molecule has 2 nitrogen and oxygen atoms in total. The van der Waals surface area contributed by atoms with Crippen LogP contribution in [-0.4, -0.2) is 0 Å². The molecule has 0 amide bonds. The Morgan fingerprint density at radius 3 is 2.29 bits per heavy atom. The topological polar surface area (TPSA) is 27.7 Å². The van der Waals surface area contributed by atoms with Crippen LogP contribution in [0, 0.1) is 32.1 Å². The Labute approximate surface area is 143 Å². The van der Waals surface area contributed by atoms with Gasteiger partial charge in [-0.05, 0) is 60.7 Å². The van der Waals surface area contributed by atoms with E-state index in [0.717, 1.165) is 16.7 Å². The summed E-state index contributed by atoms with van der Waals surface area (Å²) in [4.78, 5) is 0. The van der Waals surface area contributed by atoms with Crippen molar-refractivity contribution in [3.8, 4) is 28.5 Å². The molecule has 0 fully saturated rings. The number of benzene rings is 2. The Bertz CT molecular complexity index is 962. The maximum atomic E-state index is 9.32. The van der Waals surface area contributed by atoms with Gasteiger partial charge < -0.3 is 0 Å². The summed E-state index contributed by atoms with van der Waals surface area (Å²) in [6.07, 6.45) is 2.07. The molecule has 118 valence electrons. The average molecular weight is 313 g/mol. The van der Waals surface area contributed by atoms with Crippen molar-refractivity contribution in [2.75, 3.05) is 0 Å². The summed E-state index contributed by atoms with van der Waals surface area (Å²) in [5.74, 6) is 0. The highest BCUT2D eigenvalue weighted by atomic mass is 14.9. The third-order valence-corrected chi connectivity index (χ3v) is 4.73. The molecular formula is C22H21N2+. The molecule has 0 atom stereocenters. The van der Waals surface area contributed by atoms with E-state index in [1.807, 2.05) is 25.1 Å². The van der Waals surface area contributed by atoms with Crippen molar-refractivity contribution in [2.45, 2.75) is 20.8 Å². The van der Waals surface area contributed by atoms with Gasteiger partial charge in [-0.15, -0.1) is 0 Å². The third-order valence-electron chi connectivity index (χ3n) is 4.73. The van der Waals surface area contributed by atoms with Gasteiger partial charge in [0.05, 0.1) is 17.2 Å². The fraction of sp³-hybridized carbons (Fsp3) is 0.182. The Hall–Kier alpha value is -2.92. The predicted molar refractivity (Wildman–Crippen MR) is 97.4 cm³/mol. The van der Waals surface area contributed by atoms with Crippen LogP contribution in [0.3, 0.4) is 0 Å². The van der Waals surface area contributed by atoms with Crippen molar-refractivity contribution < 1.29 is 4.57 Å². The SMILES string of the molecule is Cc1ccc(-c2cccc(C#N)c2C)c(C)c1-c1cccc[n+]1C. The Morgan fingerprint density at radius 2 is 1.58 bits per heavy atom. The molecule has 1 heterocycles. The van der Waals surface area contributed by atoms with Crippen LogP contribution in [0.15, 0.2) is 54.7 Å². The van der Waals surface area contributed by atoms with Crippen LogP contribution in [0.5, 0.6) is 0 Å². The molecule has 1 aromatic heterocycles. The second kappa shape index (κ2) is 6.29. The van der Waals surface area contributed by atoms with Gasteiger partial charge in [0, 0.05) is 12.1 Å². The molecule has 0 aliphatic carbocycles. The van der Waals surface area contributed by atoms with Crippen molar-refractivity contribution in [2.24, 2.45) is 7.05 Å². The van der Waals surface area contributed by atoms with Crippen LogP contribution in [0.4, 0.5) is 0 Å². The molecule has 3 rings (SSSR count). The number of nitrogens with zero attached hydrogens (tertiary/aromatic N) is 2. The van der Waals surface area contributed by atoms with Gasteiger partial charge in [0.25, 0.3) is 0 Å². The number of rotatable bonds is 2. The van der Waals surface area contributed by atoms with E-state index < -0.39 is 0 Å². The minimum absolute atomic E-state index is 0.735. The monoisotopic (exact) mass is 313 g/mol. The summed E-state index contributed by atoms with van der Waals surface area (Å²) in [5, 5.41) is 9.32. The van der Waals surface area contributed by atoms with Gasteiger partial charge in [-0.3, -0.25) is 0 Å². The minimum atomic E-state index is 0.735. The first-order chi connectivity index (χ1) is 11.5. The number of aromatic nitrogens is 1. The van der Waals surface area contributed by atoms with E-state index in [2.05, 4.69) is 68.1 Å². The lowest BCUT2D eigenvalue weighted by atomic mass is 9.88. The number of nitriles is 1. The van der Waals surface area contributed by atoms with E-state index in [0.29, 0.717) is 0 Å². The second-order valence-electron chi connectivity index (χ2n) is 6.22. The zero-order valence-electron chi connectivity index (χ0n) is 14.6. The lowest BCUT2D eigenvalue weighted by molar-refractivity contribution is -0.660. The largest absolute Gasteiger partial charge is 0.212 e. The summed E-state index contributed by atoms with van der Waals surface area (Å²) in [7, 11) is 2.07. The molecule has 0 spiro atoms. The van der Waals surface area contributed by atoms with Crippen molar-refractivity contribution >= 4 is 0 Å². The summed E-state index contributed by atoms with van der Waals surface area (Å²) in [6.45, 7) is 6.34. The van der Waals surface area contributed by atoms with Gasteiger partial charge in [0.15, 0.2) is 6.20 Å². The maximum Gasteiger partial charge on any atom is 0.212 e. The molecule has 0 aliphatic rings. The van der Waals surface area contributed by atoms with Gasteiger partial charge in [-0.2, -0.15) is 5.26 Å². The van der Waals surface area contributed by atoms with Gasteiger partial charge in [-0.25, -0.2) is 4.57 Å². The van der Waals surface area contributed by atoms with Gasteiger partial charge >= 0.3 is 0 Å². The number of hydrogen-bond acceptors (Lipinski definition) is 1. The summed E-state index contributed by atoms with van der Waals surface area (Å²) in [5.41, 5.74) is 9.05. The molecule has 24 heavy (non-hydrogen) atoms. The standard InChI is InChI=1S/C22H21N2/c1-15-11-12-20(19-9-7-8-18(14-23)16(19)2)17(3)22(15)21-10-5-6-13-24(21)4/h5-13H,1-4H3/q+1. The Kier molecular flexibility index (Phi) is 4.18. The smallest absolute Gasteiger partial charge is 0.201 e. The molecule has 0 radical (unpaired) electrons. The molecule has 0 N–H and O–H groups in total. The molecule has 0 saturated heterocycles. The third kappa shape index (κ3) is 2.59. The van der Waals surface area contributed by atoms with Gasteiger partial charge in [-0.1, -0.05) is 24.3 Å². The van der Waals surface area contributed by atoms with Crippen LogP contribution >= 0.6 is 0 Å². The Morgan fingerprint density at radius 1 is 0.833 bits per heavy atom. The highest BCUT2D eigenvalue weighted by molar-refractivity contribution is 5.80. The first-order valence-corrected chi connectivity index (χ1v) is 8.10. The van der Waals surface area contributed by atoms with Crippen molar-refractivity contribution in [3.63, 3.8) is 0 Å². The first-order valence-electron chi connectivity index (χ1n) is 8.10. The van der Waals surface area contributed by atoms with Crippen molar-refractivity contribution in [1.82, 2.24) is 0 Å². The average Bonchev–Trinajstić information content (AvgIpc) is 2.57. The van der Waals surface area contributed by atoms with Crippen molar-refractivity contribution in [3.05, 3.63) is 77.0 Å². The lowest BCUT2D eigenvalue weighted by Gasteiger charge is -2.15. The molecule has 0 aliphatic heterocycles. The summed E-state index contributed by atoms with van der Waals surface area (Å²) < 4.78 is 2.15. The van der Waals surface area contributed by atoms with E-state index in [-0.39, 0.29) is 0 Å². The fourth-order valence-corrected chi connectivity index (χ4v) is 3.36. The molecule has 3 aromatic rings. The minimum Gasteiger partial charge on any atom is -0.201 e. The van der Waals surface area contributed by atoms with E-state index in [9.17, 15) is 5.26 Å². The Balaban J connectivity index is 2.29. The molecule has 2 heteroatoms. The fourth-order valence-electron chi connectivity index (χ4n) is 3.36. The maximum absolute atomic E-state index is 9.32. The normalized spacial score (nSPS) is 10.5. The van der Waals surface area contributed by atoms with E-state index in [1.54, 1.807) is 0 Å². The first kappa shape index (κ1) is 16.0. The number of aryl methyl sites for hydroxylation is 2. The zero-order chi connectivity index (χ0) is 17.3. The van der Waals surface area contributed by atoms with Crippen LogP contribution in [0.1, 0.15) is 22.3 Å². The van der Waals surface area contributed by atoms with Crippen LogP contribution in [0.25, 0.3) is 22.4 Å². The van der Waals surface area contributed by atoms with E-state index in [1.165, 1.54) is 27.9 Å². The van der Waals surface area contributed by atoms with Gasteiger partial charge in [0.2, 0.25) is 5.69 Å². The second-order valence-corrected chi connectivity index (χ2v) is 6.22. The highest BCUT2D eigenvalue weighted by Crippen LogP contribution is 2.35. The zero-order valence-corrected chi connectivity index (χ0v) is 14.6. The predicted octanol–water partition coefficient (Wildman–Crippen LogP) is 4.64. The summed E-state index contributed by atoms with van der Waals surface area (Å²) in [6, 6.07) is 18.8. The molecule has 0 unspecified atom stereocenters. The quantitative estimate of drug-likeness (QED) is 0.633. The molecular weight excluding hydrogens is 292 g/mol. The molecule has 0 bridgehead atoms. The van der Waals surface area contributed by atoms with E-state index in [4.69, 9.17) is 0 Å². The molecule has 0 saturated carbocycles. The number of pyridine rings is 1. The van der Waals surface area contributed by atoms with Crippen molar-refractivity contribution in [1.29, 1.82) is 5.26 Å². The van der Waals surface area contributed by atoms with Crippen LogP contribution < -0.4 is 4.57 Å². The summed E-state index contributed by atoms with van der Waals surface area (Å²) >= 11 is 0. The van der Waals surface area contributed by atoms with Crippen LogP contribution in [0.2, 0.25) is 0 Å². The number of hydrogen-bond donors (Lipinski definition) is 0. The van der Waals surface area contributed by atoms with E-state index >= 15 is 0 Å².